The highest BCUT2D eigenvalue weighted by Crippen LogP contribution is 2.37. The summed E-state index contributed by atoms with van der Waals surface area (Å²) in [4.78, 5) is 19.9. The Labute approximate surface area is 151 Å². The number of hydrogen-bond acceptors (Lipinski definition) is 4. The first-order valence-electron chi connectivity index (χ1n) is 8.23. The number of carbonyl (C=O) groups is 1. The van der Waals surface area contributed by atoms with Crippen LogP contribution in [-0.2, 0) is 4.79 Å². The van der Waals surface area contributed by atoms with Gasteiger partial charge in [0.25, 0.3) is 5.91 Å². The molecule has 1 fully saturated rings. The highest BCUT2D eigenvalue weighted by atomic mass is 32.2. The molecule has 1 heterocycles. The van der Waals surface area contributed by atoms with Gasteiger partial charge in [-0.1, -0.05) is 37.3 Å². The topological polar surface area (TPSA) is 52.9 Å². The fraction of sp³-hybridized carbons (Fsp3) is 0.200. The Morgan fingerprint density at radius 2 is 1.88 bits per heavy atom. The van der Waals surface area contributed by atoms with Crippen molar-refractivity contribution in [3.05, 3.63) is 64.6 Å². The van der Waals surface area contributed by atoms with Gasteiger partial charge in [0.05, 0.1) is 10.6 Å². The SMILES string of the molecule is CCC/N=C1\S/C(=C\c2ccc(O)cc2)C(=O)N1c1ccccc1C. The van der Waals surface area contributed by atoms with Gasteiger partial charge in [-0.15, -0.1) is 0 Å². The number of aliphatic imine (C=N–C) groups is 1. The number of hydrogen-bond donors (Lipinski definition) is 1. The lowest BCUT2D eigenvalue weighted by Crippen LogP contribution is -2.29. The number of amides is 1. The number of thioether (sulfide) groups is 1. The predicted octanol–water partition coefficient (Wildman–Crippen LogP) is 4.59. The van der Waals surface area contributed by atoms with E-state index in [1.54, 1.807) is 29.2 Å². The third kappa shape index (κ3) is 3.77. The quantitative estimate of drug-likeness (QED) is 0.819. The second kappa shape index (κ2) is 7.57. The minimum absolute atomic E-state index is 0.0674. The molecule has 4 nitrogen and oxygen atoms in total. The molecule has 0 aliphatic carbocycles. The zero-order chi connectivity index (χ0) is 17.8. The summed E-state index contributed by atoms with van der Waals surface area (Å²) in [5.74, 6) is 0.140. The number of nitrogens with zero attached hydrogens (tertiary/aromatic N) is 2. The summed E-state index contributed by atoms with van der Waals surface area (Å²) < 4.78 is 0. The molecule has 2 aromatic carbocycles. The number of aryl methyl sites for hydroxylation is 1. The molecule has 0 atom stereocenters. The van der Waals surface area contributed by atoms with Crippen molar-refractivity contribution in [3.63, 3.8) is 0 Å². The van der Waals surface area contributed by atoms with E-state index in [-0.39, 0.29) is 11.7 Å². The van der Waals surface area contributed by atoms with Crippen LogP contribution >= 0.6 is 11.8 Å². The van der Waals surface area contributed by atoms with Crippen molar-refractivity contribution in [2.75, 3.05) is 11.4 Å². The van der Waals surface area contributed by atoms with Crippen LogP contribution in [0, 0.1) is 6.92 Å². The van der Waals surface area contributed by atoms with Crippen molar-refractivity contribution in [1.82, 2.24) is 0 Å². The van der Waals surface area contributed by atoms with Crippen LogP contribution in [0.5, 0.6) is 5.75 Å². The van der Waals surface area contributed by atoms with E-state index in [2.05, 4.69) is 11.9 Å². The van der Waals surface area contributed by atoms with Crippen LogP contribution in [0.4, 0.5) is 5.69 Å². The normalized spacial score (nSPS) is 17.7. The van der Waals surface area contributed by atoms with Gasteiger partial charge in [0, 0.05) is 6.54 Å². The fourth-order valence-corrected chi connectivity index (χ4v) is 3.53. The smallest absolute Gasteiger partial charge is 0.271 e. The summed E-state index contributed by atoms with van der Waals surface area (Å²) in [6.07, 6.45) is 2.77. The van der Waals surface area contributed by atoms with Crippen molar-refractivity contribution in [3.8, 4) is 5.75 Å². The number of anilines is 1. The van der Waals surface area contributed by atoms with E-state index < -0.39 is 0 Å². The molecule has 5 heteroatoms. The Morgan fingerprint density at radius 3 is 2.56 bits per heavy atom. The van der Waals surface area contributed by atoms with Gasteiger partial charge in [0.15, 0.2) is 5.17 Å². The van der Waals surface area contributed by atoms with E-state index in [1.165, 1.54) is 11.8 Å². The monoisotopic (exact) mass is 352 g/mol. The zero-order valence-electron chi connectivity index (χ0n) is 14.3. The summed E-state index contributed by atoms with van der Waals surface area (Å²) in [6, 6.07) is 14.6. The summed E-state index contributed by atoms with van der Waals surface area (Å²) in [7, 11) is 0. The summed E-state index contributed by atoms with van der Waals surface area (Å²) in [5.41, 5.74) is 2.77. The van der Waals surface area contributed by atoms with Crippen LogP contribution in [0.3, 0.4) is 0 Å². The molecule has 0 radical (unpaired) electrons. The molecule has 1 N–H and O–H groups in total. The molecular formula is C20H20N2O2S. The predicted molar refractivity (Wildman–Crippen MR) is 105 cm³/mol. The lowest BCUT2D eigenvalue weighted by molar-refractivity contribution is -0.113. The molecule has 128 valence electrons. The Balaban J connectivity index is 2.00. The number of benzene rings is 2. The number of carbonyl (C=O) groups excluding carboxylic acids is 1. The Hall–Kier alpha value is -2.53. The Morgan fingerprint density at radius 1 is 1.16 bits per heavy atom. The van der Waals surface area contributed by atoms with Crippen molar-refractivity contribution in [1.29, 1.82) is 0 Å². The molecule has 1 amide bonds. The number of aromatic hydroxyl groups is 1. The molecule has 1 aliphatic heterocycles. The highest BCUT2D eigenvalue weighted by Gasteiger charge is 2.35. The van der Waals surface area contributed by atoms with Crippen molar-refractivity contribution >= 4 is 34.6 Å². The van der Waals surface area contributed by atoms with Gasteiger partial charge >= 0.3 is 0 Å². The van der Waals surface area contributed by atoms with Crippen LogP contribution in [0.1, 0.15) is 24.5 Å². The fourth-order valence-electron chi connectivity index (χ4n) is 2.54. The van der Waals surface area contributed by atoms with Gasteiger partial charge < -0.3 is 5.11 Å². The first-order chi connectivity index (χ1) is 12.1. The maximum absolute atomic E-state index is 13.0. The van der Waals surface area contributed by atoms with Gasteiger partial charge in [0.2, 0.25) is 0 Å². The first kappa shape index (κ1) is 17.3. The largest absolute Gasteiger partial charge is 0.508 e. The second-order valence-electron chi connectivity index (χ2n) is 5.79. The van der Waals surface area contributed by atoms with E-state index in [0.29, 0.717) is 16.6 Å². The van der Waals surface area contributed by atoms with Gasteiger partial charge in [-0.2, -0.15) is 0 Å². The molecular weight excluding hydrogens is 332 g/mol. The van der Waals surface area contributed by atoms with Crippen molar-refractivity contribution < 1.29 is 9.90 Å². The Bertz CT molecular complexity index is 841. The number of amidine groups is 1. The molecule has 2 aromatic rings. The third-order valence-electron chi connectivity index (χ3n) is 3.82. The number of phenols is 1. The minimum atomic E-state index is -0.0674. The minimum Gasteiger partial charge on any atom is -0.508 e. The lowest BCUT2D eigenvalue weighted by Gasteiger charge is -2.17. The van der Waals surface area contributed by atoms with Gasteiger partial charge in [0.1, 0.15) is 5.75 Å². The molecule has 0 spiro atoms. The van der Waals surface area contributed by atoms with Crippen LogP contribution in [0.15, 0.2) is 58.4 Å². The van der Waals surface area contributed by atoms with Crippen LogP contribution < -0.4 is 4.90 Å². The van der Waals surface area contributed by atoms with Gasteiger partial charge in [-0.25, -0.2) is 0 Å². The van der Waals surface area contributed by atoms with Gasteiger partial charge in [-0.05, 0) is 60.5 Å². The lowest BCUT2D eigenvalue weighted by atomic mass is 10.1. The van der Waals surface area contributed by atoms with E-state index in [0.717, 1.165) is 23.2 Å². The molecule has 1 saturated heterocycles. The van der Waals surface area contributed by atoms with Crippen molar-refractivity contribution in [2.45, 2.75) is 20.3 Å². The molecule has 0 unspecified atom stereocenters. The third-order valence-corrected chi connectivity index (χ3v) is 4.83. The van der Waals surface area contributed by atoms with Crippen LogP contribution in [-0.4, -0.2) is 22.7 Å². The van der Waals surface area contributed by atoms with Gasteiger partial charge in [-0.3, -0.25) is 14.7 Å². The maximum atomic E-state index is 13.0. The average Bonchev–Trinajstić information content (AvgIpc) is 2.91. The summed E-state index contributed by atoms with van der Waals surface area (Å²) in [6.45, 7) is 4.74. The van der Waals surface area contributed by atoms with E-state index in [4.69, 9.17) is 0 Å². The highest BCUT2D eigenvalue weighted by molar-refractivity contribution is 8.19. The summed E-state index contributed by atoms with van der Waals surface area (Å²) in [5, 5.41) is 10.1. The molecule has 0 bridgehead atoms. The number of phenolic OH excluding ortho intramolecular Hbond substituents is 1. The molecule has 1 aliphatic rings. The Kier molecular flexibility index (Phi) is 5.24. The molecule has 0 aromatic heterocycles. The zero-order valence-corrected chi connectivity index (χ0v) is 15.1. The maximum Gasteiger partial charge on any atom is 0.271 e. The number of rotatable bonds is 4. The second-order valence-corrected chi connectivity index (χ2v) is 6.80. The molecule has 3 rings (SSSR count). The number of para-hydroxylation sites is 1. The average molecular weight is 352 g/mol. The van der Waals surface area contributed by atoms with Crippen molar-refractivity contribution in [2.24, 2.45) is 4.99 Å². The molecule has 25 heavy (non-hydrogen) atoms. The molecule has 0 saturated carbocycles. The first-order valence-corrected chi connectivity index (χ1v) is 9.05. The van der Waals surface area contributed by atoms with Crippen LogP contribution in [0.25, 0.3) is 6.08 Å². The summed E-state index contributed by atoms with van der Waals surface area (Å²) >= 11 is 1.39. The standard InChI is InChI=1S/C20H20N2O2S/c1-3-12-21-20-22(17-7-5-4-6-14(17)2)19(24)18(25-20)13-15-8-10-16(23)11-9-15/h4-11,13,23H,3,12H2,1-2H3/b18-13-,21-20-. The van der Waals surface area contributed by atoms with E-state index in [9.17, 15) is 9.90 Å². The van der Waals surface area contributed by atoms with E-state index >= 15 is 0 Å². The van der Waals surface area contributed by atoms with Crippen LogP contribution in [0.2, 0.25) is 0 Å². The van der Waals surface area contributed by atoms with E-state index in [1.807, 2.05) is 37.3 Å².